The van der Waals surface area contributed by atoms with Crippen LogP contribution in [0.3, 0.4) is 0 Å². The Balaban J connectivity index is 2.09. The summed E-state index contributed by atoms with van der Waals surface area (Å²) < 4.78 is 10.2. The molecule has 1 aliphatic rings. The highest BCUT2D eigenvalue weighted by molar-refractivity contribution is 8.23. The third-order valence-electron chi connectivity index (χ3n) is 3.85. The standard InChI is InChI=1S/C16H20N2O5S3/c1-9-11(14(20)22-2)13(26-12(9)15(21)23-3)17-10(19)8-25-16(24)18-6-4-5-7-18/h4-8H2,1-3H3,(H,17,19). The molecule has 0 spiro atoms. The number of nitrogens with one attached hydrogen (secondary N) is 1. The summed E-state index contributed by atoms with van der Waals surface area (Å²) in [5, 5.41) is 2.95. The summed E-state index contributed by atoms with van der Waals surface area (Å²) in [7, 11) is 2.50. The number of hydrogen-bond donors (Lipinski definition) is 1. The van der Waals surface area contributed by atoms with Crippen molar-refractivity contribution >= 4 is 62.5 Å². The van der Waals surface area contributed by atoms with Crippen molar-refractivity contribution < 1.29 is 23.9 Å². The fraction of sp³-hybridized carbons (Fsp3) is 0.500. The predicted molar refractivity (Wildman–Crippen MR) is 106 cm³/mol. The number of likely N-dealkylation sites (tertiary alicyclic amines) is 1. The van der Waals surface area contributed by atoms with Crippen molar-refractivity contribution in [2.24, 2.45) is 0 Å². The van der Waals surface area contributed by atoms with Gasteiger partial charge in [0.25, 0.3) is 0 Å². The van der Waals surface area contributed by atoms with E-state index in [9.17, 15) is 14.4 Å². The smallest absolute Gasteiger partial charge is 0.348 e. The van der Waals surface area contributed by atoms with Crippen LogP contribution in [-0.4, -0.2) is 60.1 Å². The summed E-state index contributed by atoms with van der Waals surface area (Å²) in [4.78, 5) is 38.5. The van der Waals surface area contributed by atoms with Crippen LogP contribution in [-0.2, 0) is 14.3 Å². The normalized spacial score (nSPS) is 13.4. The number of hydrogen-bond acceptors (Lipinski definition) is 8. The van der Waals surface area contributed by atoms with Gasteiger partial charge in [-0.1, -0.05) is 24.0 Å². The molecule has 10 heteroatoms. The van der Waals surface area contributed by atoms with Crippen molar-refractivity contribution in [3.63, 3.8) is 0 Å². The lowest BCUT2D eigenvalue weighted by Gasteiger charge is -2.17. The molecule has 0 bridgehead atoms. The van der Waals surface area contributed by atoms with E-state index in [1.807, 2.05) is 0 Å². The van der Waals surface area contributed by atoms with Gasteiger partial charge in [-0.15, -0.1) is 11.3 Å². The second kappa shape index (κ2) is 9.33. The minimum atomic E-state index is -0.621. The van der Waals surface area contributed by atoms with Crippen LogP contribution >= 0.6 is 35.3 Å². The predicted octanol–water partition coefficient (Wildman–Crippen LogP) is 2.68. The number of thioether (sulfide) groups is 1. The van der Waals surface area contributed by atoms with Gasteiger partial charge >= 0.3 is 11.9 Å². The van der Waals surface area contributed by atoms with E-state index in [1.54, 1.807) is 6.92 Å². The molecule has 1 fully saturated rings. The Morgan fingerprint density at radius 2 is 1.81 bits per heavy atom. The summed E-state index contributed by atoms with van der Waals surface area (Å²) in [6, 6.07) is 0. The van der Waals surface area contributed by atoms with E-state index in [1.165, 1.54) is 26.0 Å². The van der Waals surface area contributed by atoms with Crippen LogP contribution in [0.1, 0.15) is 38.4 Å². The number of esters is 2. The zero-order valence-corrected chi connectivity index (χ0v) is 17.2. The molecule has 0 atom stereocenters. The van der Waals surface area contributed by atoms with Gasteiger partial charge in [0.15, 0.2) is 0 Å². The number of methoxy groups -OCH3 is 2. The molecule has 1 aliphatic heterocycles. The molecule has 0 unspecified atom stereocenters. The fourth-order valence-electron chi connectivity index (χ4n) is 2.52. The van der Waals surface area contributed by atoms with Gasteiger partial charge in [-0.2, -0.15) is 0 Å². The van der Waals surface area contributed by atoms with Crippen LogP contribution < -0.4 is 5.32 Å². The maximum atomic E-state index is 12.3. The largest absolute Gasteiger partial charge is 0.465 e. The van der Waals surface area contributed by atoms with Gasteiger partial charge in [-0.05, 0) is 25.3 Å². The van der Waals surface area contributed by atoms with E-state index in [2.05, 4.69) is 10.2 Å². The Kier molecular flexibility index (Phi) is 7.42. The Bertz CT molecular complexity index is 726. The first-order valence-corrected chi connectivity index (χ1v) is 10.1. The van der Waals surface area contributed by atoms with E-state index >= 15 is 0 Å². The van der Waals surface area contributed by atoms with Crippen LogP contribution in [0.5, 0.6) is 0 Å². The summed E-state index contributed by atoms with van der Waals surface area (Å²) in [5.41, 5.74) is 0.586. The van der Waals surface area contributed by atoms with Gasteiger partial charge in [0.1, 0.15) is 14.2 Å². The minimum Gasteiger partial charge on any atom is -0.465 e. The van der Waals surface area contributed by atoms with Crippen molar-refractivity contribution in [3.8, 4) is 0 Å². The second-order valence-corrected chi connectivity index (χ2v) is 8.17. The lowest BCUT2D eigenvalue weighted by atomic mass is 10.1. The molecule has 0 saturated carbocycles. The third kappa shape index (κ3) is 4.74. The molecular formula is C16H20N2O5S3. The van der Waals surface area contributed by atoms with Crippen molar-refractivity contribution in [2.45, 2.75) is 19.8 Å². The van der Waals surface area contributed by atoms with E-state index in [4.69, 9.17) is 21.7 Å². The highest BCUT2D eigenvalue weighted by Gasteiger charge is 2.27. The molecule has 0 aromatic carbocycles. The topological polar surface area (TPSA) is 84.9 Å². The fourth-order valence-corrected chi connectivity index (χ4v) is 4.70. The summed E-state index contributed by atoms with van der Waals surface area (Å²) in [5.74, 6) is -1.37. The van der Waals surface area contributed by atoms with E-state index < -0.39 is 11.9 Å². The Labute approximate surface area is 165 Å². The average Bonchev–Trinajstić information content (AvgIpc) is 3.27. The zero-order valence-electron chi connectivity index (χ0n) is 14.7. The number of amides is 1. The number of nitrogens with zero attached hydrogens (tertiary/aromatic N) is 1. The van der Waals surface area contributed by atoms with Crippen molar-refractivity contribution in [2.75, 3.05) is 38.4 Å². The highest BCUT2D eigenvalue weighted by atomic mass is 32.2. The van der Waals surface area contributed by atoms with Crippen LogP contribution in [0.4, 0.5) is 5.00 Å². The second-order valence-electron chi connectivity index (χ2n) is 5.54. The molecule has 2 heterocycles. The van der Waals surface area contributed by atoms with Gasteiger partial charge in [-0.25, -0.2) is 9.59 Å². The molecule has 1 aromatic rings. The molecule has 2 rings (SSSR count). The Morgan fingerprint density at radius 3 is 2.38 bits per heavy atom. The highest BCUT2D eigenvalue weighted by Crippen LogP contribution is 2.34. The van der Waals surface area contributed by atoms with Crippen molar-refractivity contribution in [1.82, 2.24) is 4.90 Å². The molecule has 0 radical (unpaired) electrons. The first kappa shape index (κ1) is 20.7. The monoisotopic (exact) mass is 416 g/mol. The zero-order chi connectivity index (χ0) is 19.3. The van der Waals surface area contributed by atoms with Gasteiger partial charge < -0.3 is 19.7 Å². The average molecular weight is 417 g/mol. The molecule has 7 nitrogen and oxygen atoms in total. The molecule has 1 aromatic heterocycles. The molecular weight excluding hydrogens is 396 g/mol. The van der Waals surface area contributed by atoms with Crippen LogP contribution in [0, 0.1) is 6.92 Å². The lowest BCUT2D eigenvalue weighted by Crippen LogP contribution is -2.25. The van der Waals surface area contributed by atoms with Gasteiger partial charge in [0, 0.05) is 13.1 Å². The molecule has 0 aliphatic carbocycles. The van der Waals surface area contributed by atoms with Gasteiger partial charge in [-0.3, -0.25) is 4.79 Å². The van der Waals surface area contributed by atoms with E-state index in [0.717, 1.165) is 37.3 Å². The molecule has 26 heavy (non-hydrogen) atoms. The number of ether oxygens (including phenoxy) is 2. The maximum Gasteiger partial charge on any atom is 0.348 e. The first-order chi connectivity index (χ1) is 12.4. The van der Waals surface area contributed by atoms with Crippen LogP contribution in [0.2, 0.25) is 0 Å². The number of rotatable bonds is 5. The van der Waals surface area contributed by atoms with Crippen LogP contribution in [0.25, 0.3) is 0 Å². The Morgan fingerprint density at radius 1 is 1.19 bits per heavy atom. The summed E-state index contributed by atoms with van der Waals surface area (Å²) in [6.07, 6.45) is 2.22. The minimum absolute atomic E-state index is 0.125. The Hall–Kier alpha value is -1.65. The number of thiophene rings is 1. The molecule has 1 N–H and O–H groups in total. The summed E-state index contributed by atoms with van der Waals surface area (Å²) >= 11 is 7.61. The number of carbonyl (C=O) groups is 3. The van der Waals surface area contributed by atoms with Gasteiger partial charge in [0.05, 0.1) is 25.5 Å². The number of carbonyl (C=O) groups excluding carboxylic acids is 3. The van der Waals surface area contributed by atoms with E-state index in [0.29, 0.717) is 9.88 Å². The molecule has 1 saturated heterocycles. The van der Waals surface area contributed by atoms with E-state index in [-0.39, 0.29) is 27.1 Å². The third-order valence-corrected chi connectivity index (χ3v) is 6.56. The maximum absolute atomic E-state index is 12.3. The van der Waals surface area contributed by atoms with Crippen LogP contribution in [0.15, 0.2) is 0 Å². The quantitative estimate of drug-likeness (QED) is 0.579. The molecule has 142 valence electrons. The molecule has 1 amide bonds. The van der Waals surface area contributed by atoms with Crippen molar-refractivity contribution in [3.05, 3.63) is 16.0 Å². The SMILES string of the molecule is COC(=O)c1sc(NC(=O)CSC(=S)N2CCCC2)c(C(=O)OC)c1C. The lowest BCUT2D eigenvalue weighted by molar-refractivity contribution is -0.113. The number of anilines is 1. The van der Waals surface area contributed by atoms with Crippen molar-refractivity contribution in [1.29, 1.82) is 0 Å². The van der Waals surface area contributed by atoms with Gasteiger partial charge in [0.2, 0.25) is 5.91 Å². The first-order valence-electron chi connectivity index (χ1n) is 7.90. The number of thiocarbonyl (C=S) groups is 1. The summed E-state index contributed by atoms with van der Waals surface area (Å²) in [6.45, 7) is 3.46.